The molecular weight excluding hydrogens is 276 g/mol. The summed E-state index contributed by atoms with van der Waals surface area (Å²) in [5.74, 6) is 1.18. The smallest absolute Gasteiger partial charge is 0.253 e. The van der Waals surface area contributed by atoms with E-state index in [4.69, 9.17) is 4.74 Å². The van der Waals surface area contributed by atoms with Crippen LogP contribution in [0.3, 0.4) is 0 Å². The highest BCUT2D eigenvalue weighted by Gasteiger charge is 2.17. The van der Waals surface area contributed by atoms with Gasteiger partial charge in [0.1, 0.15) is 5.75 Å². The molecule has 0 saturated heterocycles. The molecule has 0 bridgehead atoms. The van der Waals surface area contributed by atoms with Crippen LogP contribution in [0.4, 0.5) is 0 Å². The van der Waals surface area contributed by atoms with Gasteiger partial charge in [0.25, 0.3) is 5.91 Å². The number of nitrogens with zero attached hydrogens (tertiary/aromatic N) is 1. The van der Waals surface area contributed by atoms with E-state index >= 15 is 0 Å². The molecule has 0 aliphatic heterocycles. The Hall–Kier alpha value is -2.36. The summed E-state index contributed by atoms with van der Waals surface area (Å²) in [6.07, 6.45) is 4.11. The van der Waals surface area contributed by atoms with Crippen LogP contribution in [0.5, 0.6) is 5.75 Å². The van der Waals surface area contributed by atoms with E-state index in [1.54, 1.807) is 31.6 Å². The molecule has 0 radical (unpaired) electrons. The SMILES string of the molecule is COc1ccc(C(CC(C)C)NC(=O)c2cccnc2)cc1. The van der Waals surface area contributed by atoms with Crippen LogP contribution >= 0.6 is 0 Å². The fourth-order valence-corrected chi connectivity index (χ4v) is 2.32. The zero-order chi connectivity index (χ0) is 15.9. The Morgan fingerprint density at radius 2 is 1.95 bits per heavy atom. The molecular formula is C18H22N2O2. The number of methoxy groups -OCH3 is 1. The Morgan fingerprint density at radius 1 is 1.23 bits per heavy atom. The quantitative estimate of drug-likeness (QED) is 0.886. The number of amides is 1. The summed E-state index contributed by atoms with van der Waals surface area (Å²) in [6.45, 7) is 4.29. The number of rotatable bonds is 6. The van der Waals surface area contributed by atoms with E-state index in [9.17, 15) is 4.79 Å². The number of nitrogens with one attached hydrogen (secondary N) is 1. The third-order valence-electron chi connectivity index (χ3n) is 3.45. The summed E-state index contributed by atoms with van der Waals surface area (Å²) in [5.41, 5.74) is 1.65. The molecule has 2 rings (SSSR count). The third-order valence-corrected chi connectivity index (χ3v) is 3.45. The van der Waals surface area contributed by atoms with Crippen LogP contribution in [0.25, 0.3) is 0 Å². The van der Waals surface area contributed by atoms with Crippen molar-refractivity contribution in [1.29, 1.82) is 0 Å². The van der Waals surface area contributed by atoms with Crippen LogP contribution in [-0.2, 0) is 0 Å². The third kappa shape index (κ3) is 4.32. The minimum atomic E-state index is -0.102. The van der Waals surface area contributed by atoms with Gasteiger partial charge in [-0.1, -0.05) is 26.0 Å². The molecule has 4 nitrogen and oxygen atoms in total. The van der Waals surface area contributed by atoms with Gasteiger partial charge in [-0.05, 0) is 42.2 Å². The lowest BCUT2D eigenvalue weighted by Gasteiger charge is -2.21. The topological polar surface area (TPSA) is 51.2 Å². The standard InChI is InChI=1S/C18H22N2O2/c1-13(2)11-17(14-6-8-16(22-3)9-7-14)20-18(21)15-5-4-10-19-12-15/h4-10,12-13,17H,11H2,1-3H3,(H,20,21). The van der Waals surface area contributed by atoms with Crippen LogP contribution in [0, 0.1) is 5.92 Å². The van der Waals surface area contributed by atoms with Crippen molar-refractivity contribution in [3.05, 3.63) is 59.9 Å². The van der Waals surface area contributed by atoms with E-state index in [0.29, 0.717) is 11.5 Å². The molecule has 1 unspecified atom stereocenters. The molecule has 1 amide bonds. The number of ether oxygens (including phenoxy) is 1. The Kier molecular flexibility index (Phi) is 5.53. The van der Waals surface area contributed by atoms with Gasteiger partial charge in [0.15, 0.2) is 0 Å². The van der Waals surface area contributed by atoms with Crippen molar-refractivity contribution in [1.82, 2.24) is 10.3 Å². The van der Waals surface area contributed by atoms with Gasteiger partial charge >= 0.3 is 0 Å². The molecule has 1 aromatic heterocycles. The molecule has 1 heterocycles. The van der Waals surface area contributed by atoms with Crippen LogP contribution in [-0.4, -0.2) is 18.0 Å². The van der Waals surface area contributed by atoms with Crippen LogP contribution in [0.2, 0.25) is 0 Å². The van der Waals surface area contributed by atoms with Crippen molar-refractivity contribution in [2.75, 3.05) is 7.11 Å². The monoisotopic (exact) mass is 298 g/mol. The summed E-state index contributed by atoms with van der Waals surface area (Å²) >= 11 is 0. The van der Waals surface area contributed by atoms with Gasteiger partial charge in [-0.2, -0.15) is 0 Å². The molecule has 1 N–H and O–H groups in total. The molecule has 116 valence electrons. The van der Waals surface area contributed by atoms with Gasteiger partial charge in [0.05, 0.1) is 18.7 Å². The predicted octanol–water partition coefficient (Wildman–Crippen LogP) is 3.61. The Morgan fingerprint density at radius 3 is 2.50 bits per heavy atom. The Balaban J connectivity index is 2.16. The molecule has 0 spiro atoms. The highest BCUT2D eigenvalue weighted by Crippen LogP contribution is 2.24. The van der Waals surface area contributed by atoms with E-state index in [-0.39, 0.29) is 11.9 Å². The van der Waals surface area contributed by atoms with E-state index in [0.717, 1.165) is 17.7 Å². The number of hydrogen-bond acceptors (Lipinski definition) is 3. The molecule has 1 aromatic carbocycles. The van der Waals surface area contributed by atoms with Crippen molar-refractivity contribution in [2.24, 2.45) is 5.92 Å². The van der Waals surface area contributed by atoms with Crippen LogP contribution < -0.4 is 10.1 Å². The maximum absolute atomic E-state index is 12.4. The van der Waals surface area contributed by atoms with Gasteiger partial charge in [-0.25, -0.2) is 0 Å². The molecule has 0 aliphatic carbocycles. The van der Waals surface area contributed by atoms with Gasteiger partial charge in [-0.15, -0.1) is 0 Å². The van der Waals surface area contributed by atoms with Crippen LogP contribution in [0.1, 0.15) is 42.2 Å². The normalized spacial score (nSPS) is 12.0. The highest BCUT2D eigenvalue weighted by molar-refractivity contribution is 5.94. The average molecular weight is 298 g/mol. The van der Waals surface area contributed by atoms with Crippen molar-refractivity contribution in [2.45, 2.75) is 26.3 Å². The number of carbonyl (C=O) groups excluding carboxylic acids is 1. The first-order valence-corrected chi connectivity index (χ1v) is 7.45. The lowest BCUT2D eigenvalue weighted by atomic mass is 9.96. The number of hydrogen-bond donors (Lipinski definition) is 1. The molecule has 22 heavy (non-hydrogen) atoms. The first-order chi connectivity index (χ1) is 10.6. The first kappa shape index (κ1) is 16.0. The largest absolute Gasteiger partial charge is 0.497 e. The van der Waals surface area contributed by atoms with Crippen molar-refractivity contribution in [3.8, 4) is 5.75 Å². The minimum absolute atomic E-state index is 0.0291. The number of pyridine rings is 1. The second-order valence-electron chi connectivity index (χ2n) is 5.67. The van der Waals surface area contributed by atoms with E-state index in [2.05, 4.69) is 24.1 Å². The molecule has 2 aromatic rings. The molecule has 0 saturated carbocycles. The van der Waals surface area contributed by atoms with Crippen LogP contribution in [0.15, 0.2) is 48.8 Å². The van der Waals surface area contributed by atoms with Gasteiger partial charge in [0.2, 0.25) is 0 Å². The summed E-state index contributed by atoms with van der Waals surface area (Å²) in [4.78, 5) is 16.3. The van der Waals surface area contributed by atoms with E-state index in [1.165, 1.54) is 0 Å². The summed E-state index contributed by atoms with van der Waals surface area (Å²) < 4.78 is 5.18. The van der Waals surface area contributed by atoms with Gasteiger partial charge < -0.3 is 10.1 Å². The minimum Gasteiger partial charge on any atom is -0.497 e. The van der Waals surface area contributed by atoms with Crippen molar-refractivity contribution < 1.29 is 9.53 Å². The van der Waals surface area contributed by atoms with E-state index in [1.807, 2.05) is 24.3 Å². The zero-order valence-electron chi connectivity index (χ0n) is 13.2. The maximum atomic E-state index is 12.4. The Bertz CT molecular complexity index is 594. The lowest BCUT2D eigenvalue weighted by molar-refractivity contribution is 0.0931. The van der Waals surface area contributed by atoms with Crippen molar-refractivity contribution in [3.63, 3.8) is 0 Å². The summed E-state index contributed by atoms with van der Waals surface area (Å²) in [6, 6.07) is 11.3. The first-order valence-electron chi connectivity index (χ1n) is 7.45. The molecule has 1 atom stereocenters. The molecule has 0 fully saturated rings. The van der Waals surface area contributed by atoms with Crippen molar-refractivity contribution >= 4 is 5.91 Å². The predicted molar refractivity (Wildman–Crippen MR) is 86.9 cm³/mol. The fourth-order valence-electron chi connectivity index (χ4n) is 2.32. The van der Waals surface area contributed by atoms with E-state index < -0.39 is 0 Å². The second-order valence-corrected chi connectivity index (χ2v) is 5.67. The summed E-state index contributed by atoms with van der Waals surface area (Å²) in [5, 5.41) is 3.10. The molecule has 0 aliphatic rings. The molecule has 4 heteroatoms. The van der Waals surface area contributed by atoms with Gasteiger partial charge in [-0.3, -0.25) is 9.78 Å². The number of benzene rings is 1. The van der Waals surface area contributed by atoms with Gasteiger partial charge in [0, 0.05) is 12.4 Å². The fraction of sp³-hybridized carbons (Fsp3) is 0.333. The highest BCUT2D eigenvalue weighted by atomic mass is 16.5. The Labute approximate surface area is 131 Å². The number of carbonyl (C=O) groups is 1. The summed E-state index contributed by atoms with van der Waals surface area (Å²) in [7, 11) is 1.64. The average Bonchev–Trinajstić information content (AvgIpc) is 2.54. The number of aromatic nitrogens is 1. The second kappa shape index (κ2) is 7.59. The zero-order valence-corrected chi connectivity index (χ0v) is 13.2. The maximum Gasteiger partial charge on any atom is 0.253 e. The lowest BCUT2D eigenvalue weighted by Crippen LogP contribution is -2.29.